The second kappa shape index (κ2) is 7.04. The molecule has 0 bridgehead atoms. The molecule has 2 N–H and O–H groups in total. The first-order chi connectivity index (χ1) is 9.97. The lowest BCUT2D eigenvalue weighted by Crippen LogP contribution is -2.15. The van der Waals surface area contributed by atoms with Crippen LogP contribution in [-0.4, -0.2) is 17.0 Å². The van der Waals surface area contributed by atoms with E-state index in [0.29, 0.717) is 16.8 Å². The minimum atomic E-state index is -0.936. The molecule has 0 radical (unpaired) electrons. The highest BCUT2D eigenvalue weighted by Crippen LogP contribution is 2.21. The van der Waals surface area contributed by atoms with Gasteiger partial charge in [0.1, 0.15) is 0 Å². The Balaban J connectivity index is 2.27. The molecule has 2 aromatic rings. The van der Waals surface area contributed by atoms with Gasteiger partial charge in [0.15, 0.2) is 0 Å². The predicted octanol–water partition coefficient (Wildman–Crippen LogP) is 3.93. The van der Waals surface area contributed by atoms with Crippen molar-refractivity contribution in [3.63, 3.8) is 0 Å². The van der Waals surface area contributed by atoms with Gasteiger partial charge in [-0.15, -0.1) is 0 Å². The highest BCUT2D eigenvalue weighted by molar-refractivity contribution is 14.1. The van der Waals surface area contributed by atoms with E-state index in [2.05, 4.69) is 43.8 Å². The number of nitrogens with one attached hydrogen (secondary N) is 1. The van der Waals surface area contributed by atoms with E-state index in [1.54, 1.807) is 30.3 Å². The summed E-state index contributed by atoms with van der Waals surface area (Å²) >= 11 is 5.42. The molecule has 108 valence electrons. The van der Waals surface area contributed by atoms with Crippen LogP contribution >= 0.6 is 38.5 Å². The number of benzene rings is 2. The van der Waals surface area contributed by atoms with Crippen molar-refractivity contribution in [2.24, 2.45) is 0 Å². The summed E-state index contributed by atoms with van der Waals surface area (Å²) in [7, 11) is 0. The fraction of sp³-hybridized carbons (Fsp3) is 0.0667. The van der Waals surface area contributed by atoms with Crippen molar-refractivity contribution in [2.75, 3.05) is 5.32 Å². The number of rotatable bonds is 4. The average molecular weight is 460 g/mol. The fourth-order valence-electron chi connectivity index (χ4n) is 1.82. The largest absolute Gasteiger partial charge is 0.481 e. The summed E-state index contributed by atoms with van der Waals surface area (Å²) < 4.78 is 1.64. The standard InChI is InChI=1S/C15H11BrINO3/c16-10-5-6-12(17)11(8-10)15(21)18-13-4-2-1-3-9(13)7-14(19)20/h1-6,8H,7H2,(H,18,21)(H,19,20). The van der Waals surface area contributed by atoms with Gasteiger partial charge in [0.25, 0.3) is 5.91 Å². The second-order valence-corrected chi connectivity index (χ2v) is 6.38. The summed E-state index contributed by atoms with van der Waals surface area (Å²) in [5.74, 6) is -1.20. The summed E-state index contributed by atoms with van der Waals surface area (Å²) in [6, 6.07) is 12.3. The highest BCUT2D eigenvalue weighted by Gasteiger charge is 2.13. The monoisotopic (exact) mass is 459 g/mol. The first kappa shape index (κ1) is 16.0. The Hall–Kier alpha value is -1.41. The van der Waals surface area contributed by atoms with Crippen molar-refractivity contribution >= 4 is 56.1 Å². The second-order valence-electron chi connectivity index (χ2n) is 4.31. The lowest BCUT2D eigenvalue weighted by Gasteiger charge is -2.11. The zero-order valence-electron chi connectivity index (χ0n) is 10.8. The number of para-hydroxylation sites is 1. The Kier molecular flexibility index (Phi) is 5.35. The molecule has 2 aromatic carbocycles. The van der Waals surface area contributed by atoms with Crippen molar-refractivity contribution < 1.29 is 14.7 Å². The molecule has 1 amide bonds. The minimum Gasteiger partial charge on any atom is -0.481 e. The molecule has 0 aliphatic carbocycles. The van der Waals surface area contributed by atoms with E-state index in [-0.39, 0.29) is 12.3 Å². The number of carboxylic acid groups (broad SMARTS) is 1. The minimum absolute atomic E-state index is 0.133. The Labute approximate surface area is 143 Å². The van der Waals surface area contributed by atoms with E-state index in [9.17, 15) is 9.59 Å². The smallest absolute Gasteiger partial charge is 0.307 e. The van der Waals surface area contributed by atoms with Gasteiger partial charge in [0.2, 0.25) is 0 Å². The van der Waals surface area contributed by atoms with Crippen LogP contribution in [0.15, 0.2) is 46.9 Å². The van der Waals surface area contributed by atoms with Gasteiger partial charge in [-0.05, 0) is 52.4 Å². The van der Waals surface area contributed by atoms with E-state index >= 15 is 0 Å². The molecule has 0 saturated carbocycles. The molecule has 6 heteroatoms. The molecule has 0 spiro atoms. The van der Waals surface area contributed by atoms with E-state index in [1.807, 2.05) is 12.1 Å². The Bertz CT molecular complexity index is 703. The predicted molar refractivity (Wildman–Crippen MR) is 92.6 cm³/mol. The molecule has 0 unspecified atom stereocenters. The molecular weight excluding hydrogens is 449 g/mol. The van der Waals surface area contributed by atoms with Crippen LogP contribution in [0.1, 0.15) is 15.9 Å². The number of carbonyl (C=O) groups excluding carboxylic acids is 1. The van der Waals surface area contributed by atoms with Gasteiger partial charge in [0.05, 0.1) is 12.0 Å². The van der Waals surface area contributed by atoms with Crippen LogP contribution in [0.25, 0.3) is 0 Å². The maximum absolute atomic E-state index is 12.3. The van der Waals surface area contributed by atoms with E-state index in [0.717, 1.165) is 8.04 Å². The van der Waals surface area contributed by atoms with Gasteiger partial charge >= 0.3 is 5.97 Å². The van der Waals surface area contributed by atoms with E-state index in [1.165, 1.54) is 0 Å². The van der Waals surface area contributed by atoms with Crippen LogP contribution in [0.2, 0.25) is 0 Å². The van der Waals surface area contributed by atoms with Crippen LogP contribution in [0.5, 0.6) is 0 Å². The van der Waals surface area contributed by atoms with Crippen molar-refractivity contribution in [2.45, 2.75) is 6.42 Å². The third-order valence-corrected chi connectivity index (χ3v) is 4.21. The maximum atomic E-state index is 12.3. The number of hydrogen-bond donors (Lipinski definition) is 2. The Morgan fingerprint density at radius 1 is 1.19 bits per heavy atom. The van der Waals surface area contributed by atoms with Gasteiger partial charge < -0.3 is 10.4 Å². The van der Waals surface area contributed by atoms with Crippen molar-refractivity contribution in [3.05, 3.63) is 61.6 Å². The van der Waals surface area contributed by atoms with Crippen LogP contribution in [-0.2, 0) is 11.2 Å². The van der Waals surface area contributed by atoms with Crippen molar-refractivity contribution in [3.8, 4) is 0 Å². The van der Waals surface area contributed by atoms with Gasteiger partial charge in [-0.2, -0.15) is 0 Å². The van der Waals surface area contributed by atoms with Crippen LogP contribution < -0.4 is 5.32 Å². The lowest BCUT2D eigenvalue weighted by atomic mass is 10.1. The molecule has 0 heterocycles. The highest BCUT2D eigenvalue weighted by atomic mass is 127. The average Bonchev–Trinajstić information content (AvgIpc) is 2.43. The molecule has 21 heavy (non-hydrogen) atoms. The molecule has 4 nitrogen and oxygen atoms in total. The molecule has 2 rings (SSSR count). The van der Waals surface area contributed by atoms with Gasteiger partial charge in [-0.25, -0.2) is 0 Å². The fourth-order valence-corrected chi connectivity index (χ4v) is 2.76. The molecule has 0 atom stereocenters. The third kappa shape index (κ3) is 4.28. The maximum Gasteiger partial charge on any atom is 0.307 e. The third-order valence-electron chi connectivity index (χ3n) is 2.78. The number of amides is 1. The Morgan fingerprint density at radius 3 is 2.62 bits per heavy atom. The molecule has 0 aliphatic rings. The van der Waals surface area contributed by atoms with Gasteiger partial charge in [-0.3, -0.25) is 9.59 Å². The zero-order valence-corrected chi connectivity index (χ0v) is 14.5. The first-order valence-corrected chi connectivity index (χ1v) is 7.90. The van der Waals surface area contributed by atoms with Crippen LogP contribution in [0, 0.1) is 3.57 Å². The number of carboxylic acids is 1. The van der Waals surface area contributed by atoms with Crippen molar-refractivity contribution in [1.82, 2.24) is 0 Å². The zero-order chi connectivity index (χ0) is 15.4. The summed E-state index contributed by atoms with van der Waals surface area (Å²) in [6.07, 6.45) is -0.133. The molecule has 0 aliphatic heterocycles. The van der Waals surface area contributed by atoms with E-state index in [4.69, 9.17) is 5.11 Å². The van der Waals surface area contributed by atoms with Crippen molar-refractivity contribution in [1.29, 1.82) is 0 Å². The van der Waals surface area contributed by atoms with Gasteiger partial charge in [0, 0.05) is 13.7 Å². The normalized spacial score (nSPS) is 10.2. The summed E-state index contributed by atoms with van der Waals surface area (Å²) in [5.41, 5.74) is 1.62. The number of aliphatic carboxylic acids is 1. The molecule has 0 aromatic heterocycles. The number of anilines is 1. The Morgan fingerprint density at radius 2 is 1.90 bits per heavy atom. The SMILES string of the molecule is O=C(O)Cc1ccccc1NC(=O)c1cc(Br)ccc1I. The quantitative estimate of drug-likeness (QED) is 0.680. The van der Waals surface area contributed by atoms with Crippen LogP contribution in [0.4, 0.5) is 5.69 Å². The molecule has 0 fully saturated rings. The number of carbonyl (C=O) groups is 2. The van der Waals surface area contributed by atoms with E-state index < -0.39 is 5.97 Å². The van der Waals surface area contributed by atoms with Crippen LogP contribution in [0.3, 0.4) is 0 Å². The summed E-state index contributed by atoms with van der Waals surface area (Å²) in [5, 5.41) is 11.7. The summed E-state index contributed by atoms with van der Waals surface area (Å²) in [6.45, 7) is 0. The summed E-state index contributed by atoms with van der Waals surface area (Å²) in [4.78, 5) is 23.2. The first-order valence-electron chi connectivity index (χ1n) is 6.03. The van der Waals surface area contributed by atoms with Gasteiger partial charge in [-0.1, -0.05) is 34.1 Å². The lowest BCUT2D eigenvalue weighted by molar-refractivity contribution is -0.136. The number of hydrogen-bond acceptors (Lipinski definition) is 2. The molecular formula is C15H11BrINO3. The molecule has 0 saturated heterocycles. The number of halogens is 2. The topological polar surface area (TPSA) is 66.4 Å².